The molecule has 3 aromatic rings. The van der Waals surface area contributed by atoms with E-state index >= 15 is 0 Å². The minimum absolute atomic E-state index is 0.0430. The van der Waals surface area contributed by atoms with Crippen molar-refractivity contribution in [3.05, 3.63) is 71.4 Å². The minimum atomic E-state index is -0.527. The third-order valence-electron chi connectivity index (χ3n) is 6.74. The van der Waals surface area contributed by atoms with E-state index in [0.29, 0.717) is 30.9 Å². The lowest BCUT2D eigenvalue weighted by atomic mass is 9.88. The standard InChI is InChI=1S/C28H33N5O5/c1-18-14-21(23-6-4-5-7-24(23)29-18)17-38-22-10-8-19(9-11-22)27(35)30-25-16-33(28(36)32(2)3)13-12-20(25)15-26(34)31-37/h4-11,14,20,25,37H,12-13,15-17H2,1-3H3,(H,30,35)(H,31,34)/t20-,25+/m0/s1. The number of hydroxylamine groups is 1. The first-order valence-corrected chi connectivity index (χ1v) is 12.5. The second kappa shape index (κ2) is 11.9. The Labute approximate surface area is 221 Å². The number of piperidine rings is 1. The molecule has 10 nitrogen and oxygen atoms in total. The lowest BCUT2D eigenvalue weighted by Gasteiger charge is -2.39. The third-order valence-corrected chi connectivity index (χ3v) is 6.74. The molecular weight excluding hydrogens is 486 g/mol. The number of ether oxygens (including phenoxy) is 1. The van der Waals surface area contributed by atoms with Gasteiger partial charge in [-0.2, -0.15) is 0 Å². The summed E-state index contributed by atoms with van der Waals surface area (Å²) in [7, 11) is 3.34. The van der Waals surface area contributed by atoms with Crippen LogP contribution in [0, 0.1) is 12.8 Å². The summed E-state index contributed by atoms with van der Waals surface area (Å²) in [5.41, 5.74) is 4.95. The van der Waals surface area contributed by atoms with E-state index in [1.165, 1.54) is 4.90 Å². The Morgan fingerprint density at radius 1 is 1.13 bits per heavy atom. The zero-order valence-electron chi connectivity index (χ0n) is 21.8. The Morgan fingerprint density at radius 3 is 2.58 bits per heavy atom. The minimum Gasteiger partial charge on any atom is -0.489 e. The summed E-state index contributed by atoms with van der Waals surface area (Å²) in [5.74, 6) is -0.442. The first kappa shape index (κ1) is 26.9. The molecule has 10 heteroatoms. The van der Waals surface area contributed by atoms with E-state index in [1.807, 2.05) is 37.3 Å². The van der Waals surface area contributed by atoms with Gasteiger partial charge in [0.1, 0.15) is 12.4 Å². The summed E-state index contributed by atoms with van der Waals surface area (Å²) >= 11 is 0. The van der Waals surface area contributed by atoms with Crippen LogP contribution in [0.5, 0.6) is 5.75 Å². The lowest BCUT2D eigenvalue weighted by Crippen LogP contribution is -2.56. The molecule has 0 saturated carbocycles. The Bertz CT molecular complexity index is 1310. The van der Waals surface area contributed by atoms with Crippen LogP contribution < -0.4 is 15.5 Å². The predicted molar refractivity (Wildman–Crippen MR) is 142 cm³/mol. The number of para-hydroxylation sites is 1. The van der Waals surface area contributed by atoms with Gasteiger partial charge in [-0.1, -0.05) is 18.2 Å². The topological polar surface area (TPSA) is 124 Å². The summed E-state index contributed by atoms with van der Waals surface area (Å²) in [5, 5.41) is 13.0. The van der Waals surface area contributed by atoms with Gasteiger partial charge in [0.15, 0.2) is 0 Å². The number of aromatic nitrogens is 1. The maximum Gasteiger partial charge on any atom is 0.319 e. The number of amides is 4. The highest BCUT2D eigenvalue weighted by atomic mass is 16.5. The van der Waals surface area contributed by atoms with Crippen LogP contribution in [0.4, 0.5) is 4.79 Å². The molecule has 38 heavy (non-hydrogen) atoms. The molecule has 4 rings (SSSR count). The molecule has 0 radical (unpaired) electrons. The molecule has 1 saturated heterocycles. The normalized spacial score (nSPS) is 17.1. The zero-order valence-corrected chi connectivity index (χ0v) is 21.8. The molecule has 0 bridgehead atoms. The molecule has 1 aliphatic heterocycles. The molecule has 4 amide bonds. The van der Waals surface area contributed by atoms with Gasteiger partial charge in [-0.15, -0.1) is 0 Å². The first-order chi connectivity index (χ1) is 18.2. The molecule has 2 aromatic carbocycles. The number of nitrogens with zero attached hydrogens (tertiary/aromatic N) is 3. The maximum atomic E-state index is 13.1. The number of urea groups is 1. The fourth-order valence-corrected chi connectivity index (χ4v) is 4.78. The molecule has 0 spiro atoms. The van der Waals surface area contributed by atoms with Crippen LogP contribution in [0.15, 0.2) is 54.6 Å². The largest absolute Gasteiger partial charge is 0.489 e. The quantitative estimate of drug-likeness (QED) is 0.326. The highest BCUT2D eigenvalue weighted by Crippen LogP contribution is 2.24. The Balaban J connectivity index is 1.42. The van der Waals surface area contributed by atoms with E-state index in [2.05, 4.69) is 10.3 Å². The number of aryl methyl sites for hydroxylation is 1. The summed E-state index contributed by atoms with van der Waals surface area (Å²) in [6.07, 6.45) is 0.565. The molecular formula is C28H33N5O5. The number of carbonyl (C=O) groups excluding carboxylic acids is 3. The fraction of sp³-hybridized carbons (Fsp3) is 0.357. The Kier molecular flexibility index (Phi) is 8.42. The number of nitrogens with one attached hydrogen (secondary N) is 2. The average Bonchev–Trinajstić information content (AvgIpc) is 2.92. The van der Waals surface area contributed by atoms with Gasteiger partial charge in [-0.3, -0.25) is 19.8 Å². The van der Waals surface area contributed by atoms with Crippen molar-refractivity contribution in [2.75, 3.05) is 27.2 Å². The number of likely N-dealkylation sites (tertiary alicyclic amines) is 1. The number of rotatable bonds is 7. The van der Waals surface area contributed by atoms with Gasteiger partial charge in [0.05, 0.1) is 11.6 Å². The van der Waals surface area contributed by atoms with Crippen LogP contribution in [0.3, 0.4) is 0 Å². The third kappa shape index (κ3) is 6.38. The van der Waals surface area contributed by atoms with Gasteiger partial charge in [0, 0.05) is 55.8 Å². The number of benzene rings is 2. The molecule has 1 fully saturated rings. The smallest absolute Gasteiger partial charge is 0.319 e. The highest BCUT2D eigenvalue weighted by Gasteiger charge is 2.34. The molecule has 0 aliphatic carbocycles. The van der Waals surface area contributed by atoms with E-state index in [1.54, 1.807) is 48.7 Å². The fourth-order valence-electron chi connectivity index (χ4n) is 4.78. The number of pyridine rings is 1. The van der Waals surface area contributed by atoms with Crippen LogP contribution in [0.1, 0.15) is 34.5 Å². The zero-order chi connectivity index (χ0) is 27.2. The SMILES string of the molecule is Cc1cc(COc2ccc(C(=O)N[C@@H]3CN(C(=O)N(C)C)CC[C@H]3CC(=O)NO)cc2)c2ccccc2n1. The van der Waals surface area contributed by atoms with Crippen molar-refractivity contribution in [3.8, 4) is 5.75 Å². The molecule has 1 aromatic heterocycles. The van der Waals surface area contributed by atoms with Crippen molar-refractivity contribution in [1.29, 1.82) is 0 Å². The molecule has 2 atom stereocenters. The van der Waals surface area contributed by atoms with Crippen molar-refractivity contribution in [1.82, 2.24) is 25.6 Å². The average molecular weight is 520 g/mol. The van der Waals surface area contributed by atoms with Crippen LogP contribution in [-0.2, 0) is 11.4 Å². The highest BCUT2D eigenvalue weighted by molar-refractivity contribution is 5.94. The van der Waals surface area contributed by atoms with Crippen LogP contribution in [-0.4, -0.2) is 71.1 Å². The summed E-state index contributed by atoms with van der Waals surface area (Å²) < 4.78 is 6.00. The first-order valence-electron chi connectivity index (χ1n) is 12.5. The summed E-state index contributed by atoms with van der Waals surface area (Å²) in [6, 6.07) is 16.2. The molecule has 0 unspecified atom stereocenters. The van der Waals surface area contributed by atoms with Crippen molar-refractivity contribution in [2.24, 2.45) is 5.92 Å². The van der Waals surface area contributed by atoms with Gasteiger partial charge in [0.25, 0.3) is 5.91 Å². The monoisotopic (exact) mass is 519 g/mol. The van der Waals surface area contributed by atoms with Gasteiger partial charge in [0.2, 0.25) is 5.91 Å². The predicted octanol–water partition coefficient (Wildman–Crippen LogP) is 3.12. The van der Waals surface area contributed by atoms with Crippen LogP contribution in [0.25, 0.3) is 10.9 Å². The van der Waals surface area contributed by atoms with Crippen LogP contribution >= 0.6 is 0 Å². The van der Waals surface area contributed by atoms with E-state index in [4.69, 9.17) is 9.94 Å². The number of hydrogen-bond acceptors (Lipinski definition) is 6. The molecule has 2 heterocycles. The van der Waals surface area contributed by atoms with Crippen LogP contribution in [0.2, 0.25) is 0 Å². The Hall–Kier alpha value is -4.18. The maximum absolute atomic E-state index is 13.1. The Morgan fingerprint density at radius 2 is 1.87 bits per heavy atom. The van der Waals surface area contributed by atoms with Crippen molar-refractivity contribution in [2.45, 2.75) is 32.4 Å². The summed E-state index contributed by atoms with van der Waals surface area (Å²) in [6.45, 7) is 3.05. The second-order valence-corrected chi connectivity index (χ2v) is 9.74. The number of carbonyl (C=O) groups is 3. The van der Waals surface area contributed by atoms with Gasteiger partial charge >= 0.3 is 6.03 Å². The van der Waals surface area contributed by atoms with Crippen molar-refractivity contribution < 1.29 is 24.3 Å². The van der Waals surface area contributed by atoms with E-state index in [-0.39, 0.29) is 30.8 Å². The van der Waals surface area contributed by atoms with E-state index in [9.17, 15) is 14.4 Å². The van der Waals surface area contributed by atoms with E-state index in [0.717, 1.165) is 22.2 Å². The molecule has 200 valence electrons. The molecule has 1 aliphatic rings. The van der Waals surface area contributed by atoms with Gasteiger partial charge < -0.3 is 19.9 Å². The van der Waals surface area contributed by atoms with Gasteiger partial charge in [-0.05, 0) is 55.7 Å². The van der Waals surface area contributed by atoms with Gasteiger partial charge in [-0.25, -0.2) is 10.3 Å². The van der Waals surface area contributed by atoms with E-state index < -0.39 is 11.9 Å². The van der Waals surface area contributed by atoms with Crippen molar-refractivity contribution >= 4 is 28.7 Å². The summed E-state index contributed by atoms with van der Waals surface area (Å²) in [4.78, 5) is 45.1. The number of fused-ring (bicyclic) bond motifs is 1. The second-order valence-electron chi connectivity index (χ2n) is 9.74. The lowest BCUT2D eigenvalue weighted by molar-refractivity contribution is -0.130. The van der Waals surface area contributed by atoms with Crippen molar-refractivity contribution in [3.63, 3.8) is 0 Å². The molecule has 3 N–H and O–H groups in total. The number of hydrogen-bond donors (Lipinski definition) is 3.